The summed E-state index contributed by atoms with van der Waals surface area (Å²) in [6.07, 6.45) is 0.269. The van der Waals surface area contributed by atoms with Crippen molar-refractivity contribution < 1.29 is 19.2 Å². The van der Waals surface area contributed by atoms with Crippen molar-refractivity contribution in [1.82, 2.24) is 0 Å². The summed E-state index contributed by atoms with van der Waals surface area (Å²) in [6, 6.07) is 4.02. The van der Waals surface area contributed by atoms with Crippen molar-refractivity contribution in [3.63, 3.8) is 0 Å². The van der Waals surface area contributed by atoms with Crippen molar-refractivity contribution in [2.24, 2.45) is 5.41 Å². The number of rotatable bonds is 5. The Morgan fingerprint density at radius 1 is 1.43 bits per heavy atom. The van der Waals surface area contributed by atoms with Crippen molar-refractivity contribution in [1.29, 1.82) is 0 Å². The van der Waals surface area contributed by atoms with E-state index < -0.39 is 33.2 Å². The molecule has 1 amide bonds. The zero-order chi connectivity index (χ0) is 17.4. The van der Waals surface area contributed by atoms with Crippen LogP contribution in [-0.2, 0) is 14.3 Å². The molecule has 1 N–H and O–H groups in total. The van der Waals surface area contributed by atoms with Crippen molar-refractivity contribution in [3.8, 4) is 0 Å². The van der Waals surface area contributed by atoms with E-state index in [1.54, 1.807) is 13.8 Å². The Kier molecular flexibility index (Phi) is 4.54. The summed E-state index contributed by atoms with van der Waals surface area (Å²) in [7, 11) is 0. The van der Waals surface area contributed by atoms with Crippen molar-refractivity contribution in [3.05, 3.63) is 33.9 Å². The van der Waals surface area contributed by atoms with Crippen LogP contribution in [0.2, 0.25) is 0 Å². The van der Waals surface area contributed by atoms with Gasteiger partial charge < -0.3 is 10.1 Å². The van der Waals surface area contributed by atoms with E-state index in [0.29, 0.717) is 11.3 Å². The van der Waals surface area contributed by atoms with Crippen LogP contribution < -0.4 is 5.32 Å². The fraction of sp³-hybridized carbons (Fsp3) is 0.429. The van der Waals surface area contributed by atoms with Gasteiger partial charge >= 0.3 is 5.97 Å². The lowest BCUT2D eigenvalue weighted by atomic mass is 10.1. The third kappa shape index (κ3) is 3.56. The van der Waals surface area contributed by atoms with Gasteiger partial charge in [-0.2, -0.15) is 0 Å². The number of nitrogens with zero attached hydrogens (tertiary/aromatic N) is 1. The minimum Gasteiger partial charge on any atom is -0.455 e. The molecule has 1 atom stereocenters. The fourth-order valence-corrected chi connectivity index (χ4v) is 2.69. The van der Waals surface area contributed by atoms with E-state index in [9.17, 15) is 19.7 Å². The van der Waals surface area contributed by atoms with Crippen LogP contribution in [0.25, 0.3) is 0 Å². The third-order valence-corrected chi connectivity index (χ3v) is 4.84. The molecular formula is C14H14Cl2N2O5. The van der Waals surface area contributed by atoms with E-state index in [1.165, 1.54) is 18.2 Å². The van der Waals surface area contributed by atoms with E-state index in [1.807, 2.05) is 0 Å². The number of ether oxygens (including phenoxy) is 1. The van der Waals surface area contributed by atoms with Crippen LogP contribution in [0, 0.1) is 22.5 Å². The second-order valence-corrected chi connectivity index (χ2v) is 7.08. The zero-order valence-corrected chi connectivity index (χ0v) is 13.9. The number of halogens is 2. The number of carbonyl (C=O) groups excluding carboxylic acids is 2. The average Bonchev–Trinajstić information content (AvgIpc) is 2.98. The minimum atomic E-state index is -1.16. The molecule has 1 aliphatic carbocycles. The van der Waals surface area contributed by atoms with Crippen LogP contribution in [0.4, 0.5) is 11.4 Å². The van der Waals surface area contributed by atoms with E-state index >= 15 is 0 Å². The molecule has 9 heteroatoms. The van der Waals surface area contributed by atoms with Crippen LogP contribution in [0.3, 0.4) is 0 Å². The SMILES string of the molecule is Cc1cc([N+](=O)[O-])ccc1NC(=O)COC(=O)[C@]1(C)CC1(Cl)Cl. The number of anilines is 1. The number of carbonyl (C=O) groups is 2. The summed E-state index contributed by atoms with van der Waals surface area (Å²) in [5.41, 5.74) is -0.152. The molecule has 0 aliphatic heterocycles. The maximum absolute atomic E-state index is 11.8. The van der Waals surface area contributed by atoms with Crippen molar-refractivity contribution in [2.75, 3.05) is 11.9 Å². The highest BCUT2D eigenvalue weighted by Crippen LogP contribution is 2.64. The Bertz CT molecular complexity index is 692. The van der Waals surface area contributed by atoms with Gasteiger partial charge in [-0.15, -0.1) is 23.2 Å². The highest BCUT2D eigenvalue weighted by atomic mass is 35.5. The third-order valence-electron chi connectivity index (χ3n) is 3.74. The maximum Gasteiger partial charge on any atom is 0.315 e. The lowest BCUT2D eigenvalue weighted by Gasteiger charge is -2.12. The van der Waals surface area contributed by atoms with E-state index in [0.717, 1.165) is 0 Å². The van der Waals surface area contributed by atoms with Gasteiger partial charge in [0.2, 0.25) is 0 Å². The van der Waals surface area contributed by atoms with Crippen molar-refractivity contribution >= 4 is 46.5 Å². The molecule has 1 aliphatic rings. The number of nitro benzene ring substituents is 1. The van der Waals surface area contributed by atoms with Crippen LogP contribution in [-0.4, -0.2) is 27.7 Å². The first-order valence-corrected chi connectivity index (χ1v) is 7.42. The van der Waals surface area contributed by atoms with Crippen LogP contribution in [0.5, 0.6) is 0 Å². The number of nitro groups is 1. The molecule has 1 aromatic carbocycles. The summed E-state index contributed by atoms with van der Waals surface area (Å²) in [5, 5.41) is 13.2. The zero-order valence-electron chi connectivity index (χ0n) is 12.4. The van der Waals surface area contributed by atoms with E-state index in [2.05, 4.69) is 5.32 Å². The molecule has 0 aromatic heterocycles. The number of hydrogen-bond acceptors (Lipinski definition) is 5. The first-order valence-electron chi connectivity index (χ1n) is 6.67. The normalized spacial score (nSPS) is 21.4. The molecule has 124 valence electrons. The first-order chi connectivity index (χ1) is 10.6. The number of hydrogen-bond donors (Lipinski definition) is 1. The molecule has 0 bridgehead atoms. The van der Waals surface area contributed by atoms with Crippen LogP contribution in [0.1, 0.15) is 18.9 Å². The Hall–Kier alpha value is -1.86. The molecule has 0 heterocycles. The van der Waals surface area contributed by atoms with Gasteiger partial charge in [-0.1, -0.05) is 0 Å². The second-order valence-electron chi connectivity index (χ2n) is 5.59. The minimum absolute atomic E-state index is 0.0749. The highest BCUT2D eigenvalue weighted by molar-refractivity contribution is 6.53. The molecular weight excluding hydrogens is 347 g/mol. The van der Waals surface area contributed by atoms with E-state index in [4.69, 9.17) is 27.9 Å². The Morgan fingerprint density at radius 3 is 2.52 bits per heavy atom. The smallest absolute Gasteiger partial charge is 0.315 e. The van der Waals surface area contributed by atoms with Crippen LogP contribution >= 0.6 is 23.2 Å². The topological polar surface area (TPSA) is 98.5 Å². The highest BCUT2D eigenvalue weighted by Gasteiger charge is 2.69. The number of alkyl halides is 2. The van der Waals surface area contributed by atoms with Gasteiger partial charge in [-0.25, -0.2) is 0 Å². The predicted octanol–water partition coefficient (Wildman–Crippen LogP) is 2.97. The lowest BCUT2D eigenvalue weighted by molar-refractivity contribution is -0.384. The average molecular weight is 361 g/mol. The number of esters is 1. The molecule has 0 radical (unpaired) electrons. The quantitative estimate of drug-likeness (QED) is 0.376. The molecule has 0 saturated heterocycles. The number of nitrogens with one attached hydrogen (secondary N) is 1. The monoisotopic (exact) mass is 360 g/mol. The maximum atomic E-state index is 11.8. The molecule has 23 heavy (non-hydrogen) atoms. The number of non-ortho nitro benzene ring substituents is 1. The lowest BCUT2D eigenvalue weighted by Crippen LogP contribution is -2.27. The van der Waals surface area contributed by atoms with Gasteiger partial charge in [-0.3, -0.25) is 19.7 Å². The van der Waals surface area contributed by atoms with Gasteiger partial charge in [0.15, 0.2) is 6.61 Å². The summed E-state index contributed by atoms with van der Waals surface area (Å²) >= 11 is 11.7. The van der Waals surface area contributed by atoms with Gasteiger partial charge in [0.1, 0.15) is 9.75 Å². The van der Waals surface area contributed by atoms with Crippen LogP contribution in [0.15, 0.2) is 18.2 Å². The number of amides is 1. The molecule has 2 rings (SSSR count). The van der Waals surface area contributed by atoms with E-state index in [-0.39, 0.29) is 12.1 Å². The predicted molar refractivity (Wildman–Crippen MR) is 84.6 cm³/mol. The summed E-state index contributed by atoms with van der Waals surface area (Å²) < 4.78 is 3.76. The summed E-state index contributed by atoms with van der Waals surface area (Å²) in [4.78, 5) is 33.8. The Balaban J connectivity index is 1.91. The number of aryl methyl sites for hydroxylation is 1. The summed E-state index contributed by atoms with van der Waals surface area (Å²) in [5.74, 6) is -1.20. The molecule has 0 spiro atoms. The molecule has 1 saturated carbocycles. The molecule has 7 nitrogen and oxygen atoms in total. The molecule has 1 fully saturated rings. The Morgan fingerprint density at radius 2 is 2.04 bits per heavy atom. The van der Waals surface area contributed by atoms with Crippen molar-refractivity contribution in [2.45, 2.75) is 24.6 Å². The molecule has 1 aromatic rings. The second kappa shape index (κ2) is 5.98. The summed E-state index contributed by atoms with van der Waals surface area (Å²) in [6.45, 7) is 2.69. The fourth-order valence-electron chi connectivity index (χ4n) is 2.00. The largest absolute Gasteiger partial charge is 0.455 e. The van der Waals surface area contributed by atoms with Gasteiger partial charge in [0.05, 0.1) is 4.92 Å². The Labute approximate surface area is 142 Å². The standard InChI is InChI=1S/C14H14Cl2N2O5/c1-8-5-9(18(21)22)3-4-10(8)17-11(19)6-23-12(20)13(2)7-14(13,15)16/h3-5H,6-7H2,1-2H3,(H,17,19)/t13-/m0/s1. The van der Waals surface area contributed by atoms with Gasteiger partial charge in [0.25, 0.3) is 11.6 Å². The molecule has 0 unspecified atom stereocenters. The van der Waals surface area contributed by atoms with Gasteiger partial charge in [-0.05, 0) is 25.5 Å². The number of benzene rings is 1. The van der Waals surface area contributed by atoms with Gasteiger partial charge in [0, 0.05) is 24.2 Å². The first kappa shape index (κ1) is 17.5.